The summed E-state index contributed by atoms with van der Waals surface area (Å²) >= 11 is 5.56. The van der Waals surface area contributed by atoms with Crippen molar-refractivity contribution in [2.75, 3.05) is 24.6 Å². The van der Waals surface area contributed by atoms with Gasteiger partial charge in [-0.25, -0.2) is 0 Å². The van der Waals surface area contributed by atoms with Gasteiger partial charge < -0.3 is 19.8 Å². The number of carbonyl (C=O) groups excluding carboxylic acids is 3. The van der Waals surface area contributed by atoms with Gasteiger partial charge in [0, 0.05) is 34.9 Å². The molecule has 1 aromatic carbocycles. The van der Waals surface area contributed by atoms with E-state index in [0.29, 0.717) is 25.9 Å². The highest BCUT2D eigenvalue weighted by Gasteiger charge is 2.76. The number of para-hydroxylation sites is 1. The number of benzene rings is 1. The van der Waals surface area contributed by atoms with Gasteiger partial charge in [-0.1, -0.05) is 79.4 Å². The summed E-state index contributed by atoms with van der Waals surface area (Å²) in [6.07, 6.45) is 9.91. The second-order valence-electron chi connectivity index (χ2n) is 13.0. The van der Waals surface area contributed by atoms with Gasteiger partial charge in [0.05, 0.1) is 29.2 Å². The molecule has 234 valence electrons. The molecule has 1 aromatic rings. The predicted molar refractivity (Wildman–Crippen MR) is 177 cm³/mol. The first kappa shape index (κ1) is 32.3. The second kappa shape index (κ2) is 13.5. The average Bonchev–Trinajstić information content (AvgIpc) is 3.60. The van der Waals surface area contributed by atoms with E-state index in [1.807, 2.05) is 35.2 Å². The van der Waals surface area contributed by atoms with Gasteiger partial charge in [0.1, 0.15) is 6.04 Å². The van der Waals surface area contributed by atoms with E-state index in [4.69, 9.17) is 0 Å². The van der Waals surface area contributed by atoms with E-state index in [1.165, 1.54) is 6.42 Å². The first-order valence-corrected chi connectivity index (χ1v) is 17.6. The van der Waals surface area contributed by atoms with Gasteiger partial charge in [0.15, 0.2) is 0 Å². The van der Waals surface area contributed by atoms with Crippen LogP contribution >= 0.6 is 27.7 Å². The van der Waals surface area contributed by atoms with E-state index < -0.39 is 28.7 Å². The van der Waals surface area contributed by atoms with Crippen LogP contribution in [0.4, 0.5) is 5.69 Å². The Hall–Kier alpha value is -2.10. The lowest BCUT2D eigenvalue weighted by Crippen LogP contribution is -2.59. The topological polar surface area (TPSA) is 81.2 Å². The van der Waals surface area contributed by atoms with E-state index in [0.717, 1.165) is 31.4 Å². The minimum absolute atomic E-state index is 0.0210. The molecule has 5 rings (SSSR count). The van der Waals surface area contributed by atoms with E-state index >= 15 is 0 Å². The number of anilines is 1. The summed E-state index contributed by atoms with van der Waals surface area (Å²) < 4.78 is -0.762. The van der Waals surface area contributed by atoms with Crippen LogP contribution in [0.1, 0.15) is 58.8 Å². The summed E-state index contributed by atoms with van der Waals surface area (Å²) in [6.45, 7) is 12.5. The van der Waals surface area contributed by atoms with Crippen molar-refractivity contribution in [3.8, 4) is 0 Å². The molecule has 3 saturated heterocycles. The largest absolute Gasteiger partial charge is 0.394 e. The average molecular weight is 673 g/mol. The summed E-state index contributed by atoms with van der Waals surface area (Å²) in [4.78, 5) is 49.6. The number of hydrogen-bond acceptors (Lipinski definition) is 5. The minimum atomic E-state index is -0.762. The molecule has 9 heteroatoms. The third-order valence-electron chi connectivity index (χ3n) is 9.86. The zero-order chi connectivity index (χ0) is 30.9. The van der Waals surface area contributed by atoms with Crippen LogP contribution in [0.25, 0.3) is 0 Å². The highest BCUT2D eigenvalue weighted by Crippen LogP contribution is 2.68. The quantitative estimate of drug-likeness (QED) is 0.237. The maximum absolute atomic E-state index is 14.9. The van der Waals surface area contributed by atoms with E-state index in [1.54, 1.807) is 33.7 Å². The number of amides is 3. The number of thioether (sulfide) groups is 1. The smallest absolute Gasteiger partial charge is 0.247 e. The van der Waals surface area contributed by atoms with E-state index in [-0.39, 0.29) is 46.4 Å². The standard InChI is InChI=1S/C34H46BrN3O4S/c1-5-17-36(23-13-9-7-10-14-23)31(40)27-28-32(41)38(25(21-39)19-22(3)4)30(34(28)20-26(35)29(27)43-34)33(42)37(18-6-2)24-15-11-8-12-16-24/h5-7,9-10,13-14,22,24-30,39H,1-2,8,11-12,15-21H2,3-4H3/t25-,26?,27+,28+,29+,30?,34?/m1/s1. The molecular weight excluding hydrogens is 626 g/mol. The van der Waals surface area contributed by atoms with Crippen LogP contribution in [-0.4, -0.2) is 85.3 Å². The fourth-order valence-corrected chi connectivity index (χ4v) is 11.8. The zero-order valence-corrected chi connectivity index (χ0v) is 27.8. The molecule has 3 unspecified atom stereocenters. The predicted octanol–water partition coefficient (Wildman–Crippen LogP) is 5.42. The van der Waals surface area contributed by atoms with Gasteiger partial charge in [-0.05, 0) is 43.7 Å². The number of hydrogen-bond donors (Lipinski definition) is 1. The lowest BCUT2D eigenvalue weighted by molar-refractivity contribution is -0.147. The van der Waals surface area contributed by atoms with Gasteiger partial charge in [-0.3, -0.25) is 14.4 Å². The fourth-order valence-electron chi connectivity index (χ4n) is 8.19. The van der Waals surface area contributed by atoms with Gasteiger partial charge in [-0.15, -0.1) is 24.9 Å². The molecule has 3 aliphatic heterocycles. The number of rotatable bonds is 12. The second-order valence-corrected chi connectivity index (χ2v) is 15.7. The molecule has 7 atom stereocenters. The van der Waals surface area contributed by atoms with E-state index in [9.17, 15) is 19.5 Å². The molecule has 1 saturated carbocycles. The molecule has 3 heterocycles. The van der Waals surface area contributed by atoms with Crippen molar-refractivity contribution >= 4 is 51.1 Å². The molecule has 1 N–H and O–H groups in total. The zero-order valence-electron chi connectivity index (χ0n) is 25.4. The number of carbonyl (C=O) groups is 3. The Balaban J connectivity index is 1.60. The minimum Gasteiger partial charge on any atom is -0.394 e. The SMILES string of the molecule is C=CCN(C(=O)[C@H]1[C@H]2C(=O)N([C@@H](CO)CC(C)C)C(C(=O)N(CC=C)C3CCCCC3)C23CC(Br)[C@@H]1S3)c1ccccc1. The number of nitrogens with zero attached hydrogens (tertiary/aromatic N) is 3. The van der Waals surface area contributed by atoms with Crippen LogP contribution < -0.4 is 4.90 Å². The Labute approximate surface area is 269 Å². The Bertz CT molecular complexity index is 1210. The number of aliphatic hydroxyl groups excluding tert-OH is 1. The van der Waals surface area contributed by atoms with Crippen LogP contribution in [0.5, 0.6) is 0 Å². The Kier molecular flexibility index (Phi) is 10.1. The van der Waals surface area contributed by atoms with Crippen molar-refractivity contribution in [2.45, 2.75) is 91.7 Å². The fraction of sp³-hybridized carbons (Fsp3) is 0.618. The normalized spacial score (nSPS) is 30.8. The Morgan fingerprint density at radius 1 is 1.12 bits per heavy atom. The monoisotopic (exact) mass is 671 g/mol. The third-order valence-corrected chi connectivity index (χ3v) is 13.1. The van der Waals surface area contributed by atoms with Crippen molar-refractivity contribution in [3.63, 3.8) is 0 Å². The van der Waals surface area contributed by atoms with Crippen molar-refractivity contribution in [1.29, 1.82) is 0 Å². The van der Waals surface area contributed by atoms with Crippen LogP contribution in [-0.2, 0) is 14.4 Å². The summed E-state index contributed by atoms with van der Waals surface area (Å²) in [5, 5.41) is 10.5. The maximum atomic E-state index is 14.9. The summed E-state index contributed by atoms with van der Waals surface area (Å²) in [6, 6.07) is 8.37. The highest BCUT2D eigenvalue weighted by atomic mass is 79.9. The molecule has 43 heavy (non-hydrogen) atoms. The van der Waals surface area contributed by atoms with Gasteiger partial charge in [-0.2, -0.15) is 0 Å². The first-order valence-electron chi connectivity index (χ1n) is 15.8. The molecule has 7 nitrogen and oxygen atoms in total. The molecule has 1 aliphatic carbocycles. The summed E-state index contributed by atoms with van der Waals surface area (Å²) in [5.74, 6) is -1.37. The molecule has 4 aliphatic rings. The Morgan fingerprint density at radius 2 is 1.79 bits per heavy atom. The van der Waals surface area contributed by atoms with Crippen molar-refractivity contribution < 1.29 is 19.5 Å². The maximum Gasteiger partial charge on any atom is 0.247 e. The Morgan fingerprint density at radius 3 is 2.40 bits per heavy atom. The molecule has 0 radical (unpaired) electrons. The van der Waals surface area contributed by atoms with Crippen LogP contribution in [0.15, 0.2) is 55.6 Å². The highest BCUT2D eigenvalue weighted by molar-refractivity contribution is 9.09. The number of aliphatic hydroxyl groups is 1. The number of alkyl halides is 1. The van der Waals surface area contributed by atoms with Crippen molar-refractivity contribution in [1.82, 2.24) is 9.80 Å². The number of halogens is 1. The summed E-state index contributed by atoms with van der Waals surface area (Å²) in [7, 11) is 0. The van der Waals surface area contributed by atoms with Gasteiger partial charge in [0.25, 0.3) is 0 Å². The molecule has 0 aromatic heterocycles. The lowest BCUT2D eigenvalue weighted by Gasteiger charge is -2.43. The van der Waals surface area contributed by atoms with Crippen LogP contribution in [0.3, 0.4) is 0 Å². The number of likely N-dealkylation sites (tertiary alicyclic amines) is 1. The molecule has 1 spiro atoms. The van der Waals surface area contributed by atoms with Crippen LogP contribution in [0.2, 0.25) is 0 Å². The lowest BCUT2D eigenvalue weighted by atomic mass is 9.70. The van der Waals surface area contributed by atoms with Gasteiger partial charge in [0.2, 0.25) is 17.7 Å². The molecular formula is C34H46BrN3O4S. The van der Waals surface area contributed by atoms with E-state index in [2.05, 4.69) is 42.9 Å². The summed E-state index contributed by atoms with van der Waals surface area (Å²) in [5.41, 5.74) is 0.762. The van der Waals surface area contributed by atoms with Crippen molar-refractivity contribution in [3.05, 3.63) is 55.6 Å². The molecule has 2 bridgehead atoms. The first-order chi connectivity index (χ1) is 20.7. The van der Waals surface area contributed by atoms with Crippen molar-refractivity contribution in [2.24, 2.45) is 17.8 Å². The van der Waals surface area contributed by atoms with Crippen LogP contribution in [0, 0.1) is 17.8 Å². The molecule has 3 amide bonds. The van der Waals surface area contributed by atoms with Gasteiger partial charge >= 0.3 is 0 Å². The molecule has 4 fully saturated rings. The number of fused-ring (bicyclic) bond motifs is 1. The third kappa shape index (κ3) is 5.74.